The number of carbonyl (C=O) groups excluding carboxylic acids is 1. The molecule has 29 heavy (non-hydrogen) atoms. The molecule has 0 bridgehead atoms. The van der Waals surface area contributed by atoms with E-state index in [0.29, 0.717) is 28.8 Å². The number of aliphatic imine (C=N–C) groups is 1. The first-order valence-corrected chi connectivity index (χ1v) is 9.48. The number of nitrogens with zero attached hydrogens (tertiary/aromatic N) is 5. The Morgan fingerprint density at radius 1 is 1.45 bits per heavy atom. The van der Waals surface area contributed by atoms with E-state index >= 15 is 0 Å². The monoisotopic (exact) mass is 415 g/mol. The topological polar surface area (TPSA) is 87.4 Å². The van der Waals surface area contributed by atoms with Crippen molar-refractivity contribution in [3.63, 3.8) is 0 Å². The van der Waals surface area contributed by atoms with Gasteiger partial charge in [-0.15, -0.1) is 0 Å². The Bertz CT molecular complexity index is 1040. The molecule has 2 aliphatic heterocycles. The fourth-order valence-corrected chi connectivity index (χ4v) is 3.30. The van der Waals surface area contributed by atoms with Gasteiger partial charge in [-0.3, -0.25) is 24.9 Å². The second kappa shape index (κ2) is 7.67. The minimum Gasteiger partial charge on any atom is -0.322 e. The van der Waals surface area contributed by atoms with Crippen LogP contribution in [0, 0.1) is 5.82 Å². The molecular formula is C19H19ClFN7O. The average molecular weight is 416 g/mol. The number of anilines is 1. The molecule has 0 aliphatic carbocycles. The number of hydrazine groups is 1. The molecule has 4 rings (SSSR count). The largest absolute Gasteiger partial charge is 0.322 e. The highest BCUT2D eigenvalue weighted by atomic mass is 35.5. The highest BCUT2D eigenvalue weighted by molar-refractivity contribution is 6.32. The molecule has 2 aromatic rings. The van der Waals surface area contributed by atoms with Crippen molar-refractivity contribution in [2.24, 2.45) is 4.99 Å². The highest BCUT2D eigenvalue weighted by Crippen LogP contribution is 2.29. The fourth-order valence-electron chi connectivity index (χ4n) is 3.11. The summed E-state index contributed by atoms with van der Waals surface area (Å²) in [5.41, 5.74) is 4.34. The Labute approximate surface area is 171 Å². The van der Waals surface area contributed by atoms with Gasteiger partial charge in [-0.05, 0) is 26.3 Å². The van der Waals surface area contributed by atoms with Crippen LogP contribution in [0.25, 0.3) is 0 Å². The Morgan fingerprint density at radius 2 is 2.28 bits per heavy atom. The molecule has 8 nitrogen and oxygen atoms in total. The lowest BCUT2D eigenvalue weighted by atomic mass is 10.2. The summed E-state index contributed by atoms with van der Waals surface area (Å²) in [6.07, 6.45) is 8.30. The molecule has 0 radical (unpaired) electrons. The molecule has 0 saturated heterocycles. The van der Waals surface area contributed by atoms with Crippen molar-refractivity contribution in [2.45, 2.75) is 32.4 Å². The molecule has 2 N–H and O–H groups in total. The fraction of sp³-hybridized carbons (Fsp3) is 0.263. The van der Waals surface area contributed by atoms with Crippen molar-refractivity contribution in [2.75, 3.05) is 5.32 Å². The predicted molar refractivity (Wildman–Crippen MR) is 108 cm³/mol. The number of hydrogen-bond acceptors (Lipinski definition) is 6. The molecule has 150 valence electrons. The minimum atomic E-state index is -0.613. The number of fused-ring (bicyclic) bond motifs is 1. The summed E-state index contributed by atoms with van der Waals surface area (Å²) in [5, 5.41) is 8.97. The summed E-state index contributed by atoms with van der Waals surface area (Å²) in [6, 6.07) is 2.83. The highest BCUT2D eigenvalue weighted by Gasteiger charge is 2.36. The Hall–Kier alpha value is -3.20. The van der Waals surface area contributed by atoms with Crippen LogP contribution in [0.4, 0.5) is 15.9 Å². The normalized spacial score (nSPS) is 19.7. The van der Waals surface area contributed by atoms with Gasteiger partial charge in [0.25, 0.3) is 0 Å². The maximum absolute atomic E-state index is 13.8. The third-order valence-corrected chi connectivity index (χ3v) is 4.74. The van der Waals surface area contributed by atoms with Gasteiger partial charge in [-0.25, -0.2) is 9.38 Å². The standard InChI is InChI=1S/C19H19ClFN7O/c1-11(2)27-8-6-18(26-27)23-14-9-17(20)25-28-15(14)3-4-16(28)19(29)24-13-5-7-22-10-12(13)21/h3,5-11,16,25H,4H2,1-2H3,(H,22,24,29). The number of carbonyl (C=O) groups is 1. The number of hydrogen-bond donors (Lipinski definition) is 2. The van der Waals surface area contributed by atoms with Crippen LogP contribution >= 0.6 is 11.6 Å². The van der Waals surface area contributed by atoms with Gasteiger partial charge in [0, 0.05) is 30.6 Å². The summed E-state index contributed by atoms with van der Waals surface area (Å²) in [7, 11) is 0. The molecular weight excluding hydrogens is 397 g/mol. The molecule has 0 spiro atoms. The number of pyridine rings is 1. The van der Waals surface area contributed by atoms with Gasteiger partial charge in [0.15, 0.2) is 11.6 Å². The number of rotatable bonds is 4. The number of amides is 1. The number of halogens is 2. The molecule has 0 aromatic carbocycles. The van der Waals surface area contributed by atoms with E-state index in [4.69, 9.17) is 11.6 Å². The van der Waals surface area contributed by atoms with Crippen LogP contribution in [0.3, 0.4) is 0 Å². The maximum atomic E-state index is 13.8. The number of aromatic nitrogens is 3. The molecule has 1 atom stereocenters. The van der Waals surface area contributed by atoms with Gasteiger partial charge in [-0.1, -0.05) is 17.7 Å². The predicted octanol–water partition coefficient (Wildman–Crippen LogP) is 3.27. The quantitative estimate of drug-likeness (QED) is 0.748. The first kappa shape index (κ1) is 19.1. The lowest BCUT2D eigenvalue weighted by Gasteiger charge is -2.32. The van der Waals surface area contributed by atoms with Crippen LogP contribution in [0.2, 0.25) is 0 Å². The second-order valence-electron chi connectivity index (χ2n) is 6.90. The average Bonchev–Trinajstić information content (AvgIpc) is 3.30. The Morgan fingerprint density at radius 3 is 3.00 bits per heavy atom. The van der Waals surface area contributed by atoms with Gasteiger partial charge in [0.2, 0.25) is 5.91 Å². The van der Waals surface area contributed by atoms with Gasteiger partial charge in [0.05, 0.1) is 23.3 Å². The maximum Gasteiger partial charge on any atom is 0.249 e. The third kappa shape index (κ3) is 3.86. The molecule has 10 heteroatoms. The molecule has 2 aliphatic rings. The van der Waals surface area contributed by atoms with E-state index in [9.17, 15) is 9.18 Å². The summed E-state index contributed by atoms with van der Waals surface area (Å²) >= 11 is 6.23. The van der Waals surface area contributed by atoms with Gasteiger partial charge >= 0.3 is 0 Å². The van der Waals surface area contributed by atoms with Crippen LogP contribution < -0.4 is 10.7 Å². The van der Waals surface area contributed by atoms with Gasteiger partial charge in [-0.2, -0.15) is 5.10 Å². The molecule has 1 unspecified atom stereocenters. The van der Waals surface area contributed by atoms with Crippen LogP contribution in [0.5, 0.6) is 0 Å². The SMILES string of the molecule is CC(C)n1ccc(N=C2C=C(Cl)NN3C2=CCC3C(=O)Nc2ccncc2F)n1. The van der Waals surface area contributed by atoms with Gasteiger partial charge < -0.3 is 5.32 Å². The van der Waals surface area contributed by atoms with Crippen LogP contribution in [0.15, 0.2) is 58.7 Å². The van der Waals surface area contributed by atoms with Crippen LogP contribution in [-0.2, 0) is 4.79 Å². The summed E-state index contributed by atoms with van der Waals surface area (Å²) in [4.78, 5) is 21.0. The Balaban J connectivity index is 1.56. The van der Waals surface area contributed by atoms with E-state index in [1.165, 1.54) is 12.3 Å². The van der Waals surface area contributed by atoms with E-state index in [0.717, 1.165) is 6.20 Å². The van der Waals surface area contributed by atoms with Crippen LogP contribution in [0.1, 0.15) is 26.3 Å². The molecule has 1 amide bonds. The zero-order chi connectivity index (χ0) is 20.5. The first-order chi connectivity index (χ1) is 13.9. The van der Waals surface area contributed by atoms with Crippen LogP contribution in [-0.4, -0.2) is 37.4 Å². The Kier molecular flexibility index (Phi) is 5.06. The van der Waals surface area contributed by atoms with E-state index < -0.39 is 11.9 Å². The lowest BCUT2D eigenvalue weighted by molar-refractivity contribution is -0.120. The summed E-state index contributed by atoms with van der Waals surface area (Å²) < 4.78 is 15.6. The van der Waals surface area contributed by atoms with E-state index in [2.05, 4.69) is 25.8 Å². The molecule has 0 fully saturated rings. The van der Waals surface area contributed by atoms with Crippen molar-refractivity contribution in [1.29, 1.82) is 0 Å². The number of allylic oxidation sites excluding steroid dienone is 1. The van der Waals surface area contributed by atoms with Gasteiger partial charge in [0.1, 0.15) is 11.2 Å². The zero-order valence-electron chi connectivity index (χ0n) is 15.8. The molecule has 0 saturated carbocycles. The van der Waals surface area contributed by atoms with E-state index in [-0.39, 0.29) is 17.6 Å². The first-order valence-electron chi connectivity index (χ1n) is 9.10. The van der Waals surface area contributed by atoms with Crippen molar-refractivity contribution in [3.8, 4) is 0 Å². The third-order valence-electron chi connectivity index (χ3n) is 4.55. The number of nitrogens with one attached hydrogen (secondary N) is 2. The van der Waals surface area contributed by atoms with Crippen molar-refractivity contribution >= 4 is 34.7 Å². The summed E-state index contributed by atoms with van der Waals surface area (Å²) in [5.74, 6) is -0.424. The smallest absolute Gasteiger partial charge is 0.249 e. The molecule has 4 heterocycles. The van der Waals surface area contributed by atoms with Crippen molar-refractivity contribution in [3.05, 3.63) is 59.5 Å². The molecule has 2 aromatic heterocycles. The minimum absolute atomic E-state index is 0.0743. The van der Waals surface area contributed by atoms with Crippen molar-refractivity contribution in [1.82, 2.24) is 25.2 Å². The van der Waals surface area contributed by atoms with E-state index in [1.807, 2.05) is 36.9 Å². The van der Waals surface area contributed by atoms with Crippen molar-refractivity contribution < 1.29 is 9.18 Å². The zero-order valence-corrected chi connectivity index (χ0v) is 16.6. The lowest BCUT2D eigenvalue weighted by Crippen LogP contribution is -2.49. The van der Waals surface area contributed by atoms with E-state index in [1.54, 1.807) is 11.1 Å². The second-order valence-corrected chi connectivity index (χ2v) is 7.31. The summed E-state index contributed by atoms with van der Waals surface area (Å²) in [6.45, 7) is 4.06.